The highest BCUT2D eigenvalue weighted by Crippen LogP contribution is 2.24. The number of hydrogen-bond donors (Lipinski definition) is 1. The summed E-state index contributed by atoms with van der Waals surface area (Å²) in [5, 5.41) is 0. The third-order valence-corrected chi connectivity index (χ3v) is 2.38. The highest BCUT2D eigenvalue weighted by atomic mass is 15.2. The molecule has 1 rings (SSSR count). The Hall–Kier alpha value is -1.32. The molecule has 1 heterocycles. The molecule has 1 aromatic heterocycles. The lowest BCUT2D eigenvalue weighted by Gasteiger charge is -2.28. The van der Waals surface area contributed by atoms with Crippen molar-refractivity contribution < 1.29 is 0 Å². The molecule has 0 aliphatic carbocycles. The first-order valence-electron chi connectivity index (χ1n) is 5.65. The van der Waals surface area contributed by atoms with Crippen molar-refractivity contribution in [3.63, 3.8) is 0 Å². The Labute approximate surface area is 97.9 Å². The first-order chi connectivity index (χ1) is 7.35. The topological polar surface area (TPSA) is 55.0 Å². The maximum absolute atomic E-state index is 5.86. The minimum atomic E-state index is 0.236. The molecule has 0 radical (unpaired) electrons. The fraction of sp³-hybridized carbons (Fsp3) is 0.667. The van der Waals surface area contributed by atoms with Gasteiger partial charge in [0.2, 0.25) is 0 Å². The van der Waals surface area contributed by atoms with Crippen molar-refractivity contribution in [3.8, 4) is 0 Å². The molecule has 0 bridgehead atoms. The molecule has 0 aromatic carbocycles. The van der Waals surface area contributed by atoms with Crippen molar-refractivity contribution >= 4 is 11.6 Å². The van der Waals surface area contributed by atoms with Crippen LogP contribution in [0.1, 0.15) is 33.3 Å². The summed E-state index contributed by atoms with van der Waals surface area (Å²) in [5.74, 6) is 1.54. The van der Waals surface area contributed by atoms with E-state index in [-0.39, 0.29) is 5.41 Å². The molecule has 0 aliphatic heterocycles. The maximum atomic E-state index is 5.86. The van der Waals surface area contributed by atoms with Gasteiger partial charge in [0.05, 0.1) is 0 Å². The Morgan fingerprint density at radius 2 is 1.94 bits per heavy atom. The van der Waals surface area contributed by atoms with Crippen LogP contribution in [0.25, 0.3) is 0 Å². The third kappa shape index (κ3) is 3.08. The fourth-order valence-electron chi connectivity index (χ4n) is 1.87. The van der Waals surface area contributed by atoms with Gasteiger partial charge in [-0.2, -0.15) is 0 Å². The zero-order chi connectivity index (χ0) is 12.3. The molecule has 0 unspecified atom stereocenters. The van der Waals surface area contributed by atoms with Crippen molar-refractivity contribution in [3.05, 3.63) is 11.9 Å². The zero-order valence-electron chi connectivity index (χ0n) is 10.9. The number of aromatic nitrogens is 2. The smallest absolute Gasteiger partial charge is 0.137 e. The Morgan fingerprint density at radius 1 is 1.31 bits per heavy atom. The van der Waals surface area contributed by atoms with Crippen LogP contribution in [0.15, 0.2) is 6.33 Å². The Balaban J connectivity index is 2.99. The molecule has 4 nitrogen and oxygen atoms in total. The summed E-state index contributed by atoms with van der Waals surface area (Å²) in [5.41, 5.74) is 7.13. The van der Waals surface area contributed by atoms with Crippen LogP contribution in [0, 0.1) is 5.41 Å². The lowest BCUT2D eigenvalue weighted by atomic mass is 9.96. The van der Waals surface area contributed by atoms with Crippen LogP contribution < -0.4 is 10.6 Å². The Kier molecular flexibility index (Phi) is 3.73. The lowest BCUT2D eigenvalue weighted by molar-refractivity contribution is 0.417. The summed E-state index contributed by atoms with van der Waals surface area (Å²) in [6.45, 7) is 9.64. The summed E-state index contributed by atoms with van der Waals surface area (Å²) in [6.07, 6.45) is 2.39. The van der Waals surface area contributed by atoms with Gasteiger partial charge in [0, 0.05) is 19.2 Å². The molecule has 0 spiro atoms. The van der Waals surface area contributed by atoms with Crippen LogP contribution >= 0.6 is 0 Å². The molecule has 0 saturated carbocycles. The van der Waals surface area contributed by atoms with Gasteiger partial charge in [-0.15, -0.1) is 0 Å². The van der Waals surface area contributed by atoms with E-state index in [4.69, 9.17) is 5.73 Å². The predicted molar refractivity (Wildman–Crippen MR) is 68.5 cm³/mol. The van der Waals surface area contributed by atoms with Gasteiger partial charge in [-0.25, -0.2) is 9.97 Å². The predicted octanol–water partition coefficient (Wildman–Crippen LogP) is 2.10. The Morgan fingerprint density at radius 3 is 2.44 bits per heavy atom. The van der Waals surface area contributed by atoms with Crippen LogP contribution in [0.4, 0.5) is 11.6 Å². The second-order valence-electron chi connectivity index (χ2n) is 5.33. The summed E-state index contributed by atoms with van der Waals surface area (Å²) in [4.78, 5) is 10.5. The van der Waals surface area contributed by atoms with E-state index in [1.807, 2.05) is 7.05 Å². The standard InChI is InChI=1S/C12H22N4/c1-6-9-10(13)14-8-15-11(9)16(5)7-12(2,3)4/h8H,6-7H2,1-5H3,(H2,13,14,15). The first kappa shape index (κ1) is 12.7. The van der Waals surface area contributed by atoms with Crippen LogP contribution in [0.5, 0.6) is 0 Å². The molecule has 0 saturated heterocycles. The normalized spacial score (nSPS) is 11.6. The van der Waals surface area contributed by atoms with Crippen molar-refractivity contribution in [2.24, 2.45) is 5.41 Å². The van der Waals surface area contributed by atoms with Gasteiger partial charge in [-0.05, 0) is 11.8 Å². The molecular weight excluding hydrogens is 200 g/mol. The molecule has 0 atom stereocenters. The maximum Gasteiger partial charge on any atom is 0.137 e. The average Bonchev–Trinajstić information content (AvgIpc) is 2.14. The van der Waals surface area contributed by atoms with Crippen LogP contribution in [0.2, 0.25) is 0 Å². The highest BCUT2D eigenvalue weighted by Gasteiger charge is 2.17. The molecule has 16 heavy (non-hydrogen) atoms. The second kappa shape index (κ2) is 4.68. The van der Waals surface area contributed by atoms with Gasteiger partial charge in [0.15, 0.2) is 0 Å². The van der Waals surface area contributed by atoms with Crippen molar-refractivity contribution in [1.29, 1.82) is 0 Å². The lowest BCUT2D eigenvalue weighted by Crippen LogP contribution is -2.30. The summed E-state index contributed by atoms with van der Waals surface area (Å²) >= 11 is 0. The number of anilines is 2. The van der Waals surface area contributed by atoms with Crippen molar-refractivity contribution in [1.82, 2.24) is 9.97 Å². The molecule has 0 aliphatic rings. The van der Waals surface area contributed by atoms with Crippen LogP contribution in [-0.4, -0.2) is 23.6 Å². The second-order valence-corrected chi connectivity index (χ2v) is 5.33. The van der Waals surface area contributed by atoms with E-state index in [0.29, 0.717) is 5.82 Å². The zero-order valence-corrected chi connectivity index (χ0v) is 10.9. The SMILES string of the molecule is CCc1c(N)ncnc1N(C)CC(C)(C)C. The minimum Gasteiger partial charge on any atom is -0.383 e. The quantitative estimate of drug-likeness (QED) is 0.851. The number of nitrogen functional groups attached to an aromatic ring is 1. The van der Waals surface area contributed by atoms with E-state index < -0.39 is 0 Å². The van der Waals surface area contributed by atoms with Gasteiger partial charge in [0.1, 0.15) is 18.0 Å². The van der Waals surface area contributed by atoms with Crippen molar-refractivity contribution in [2.45, 2.75) is 34.1 Å². The van der Waals surface area contributed by atoms with Crippen LogP contribution in [0.3, 0.4) is 0 Å². The monoisotopic (exact) mass is 222 g/mol. The molecule has 90 valence electrons. The molecule has 0 amide bonds. The highest BCUT2D eigenvalue weighted by molar-refractivity contribution is 5.56. The first-order valence-corrected chi connectivity index (χ1v) is 5.65. The summed E-state index contributed by atoms with van der Waals surface area (Å²) in [7, 11) is 2.05. The third-order valence-electron chi connectivity index (χ3n) is 2.38. The number of nitrogens with two attached hydrogens (primary N) is 1. The molecule has 0 fully saturated rings. The van der Waals surface area contributed by atoms with Gasteiger partial charge in [0.25, 0.3) is 0 Å². The van der Waals surface area contributed by atoms with E-state index in [2.05, 4.69) is 42.6 Å². The number of hydrogen-bond acceptors (Lipinski definition) is 4. The fourth-order valence-corrected chi connectivity index (χ4v) is 1.87. The average molecular weight is 222 g/mol. The van der Waals surface area contributed by atoms with Gasteiger partial charge in [-0.3, -0.25) is 0 Å². The molecule has 1 aromatic rings. The molecular formula is C12H22N4. The van der Waals surface area contributed by atoms with Gasteiger partial charge >= 0.3 is 0 Å². The summed E-state index contributed by atoms with van der Waals surface area (Å²) < 4.78 is 0. The summed E-state index contributed by atoms with van der Waals surface area (Å²) in [6, 6.07) is 0. The van der Waals surface area contributed by atoms with Gasteiger partial charge in [-0.1, -0.05) is 27.7 Å². The Bertz CT molecular complexity index is 355. The van der Waals surface area contributed by atoms with E-state index in [0.717, 1.165) is 24.3 Å². The van der Waals surface area contributed by atoms with Crippen LogP contribution in [-0.2, 0) is 6.42 Å². The van der Waals surface area contributed by atoms with Gasteiger partial charge < -0.3 is 10.6 Å². The van der Waals surface area contributed by atoms with E-state index >= 15 is 0 Å². The van der Waals surface area contributed by atoms with E-state index in [1.165, 1.54) is 6.33 Å². The largest absolute Gasteiger partial charge is 0.383 e. The molecule has 4 heteroatoms. The van der Waals surface area contributed by atoms with E-state index in [1.54, 1.807) is 0 Å². The number of rotatable bonds is 3. The van der Waals surface area contributed by atoms with Crippen molar-refractivity contribution in [2.75, 3.05) is 24.2 Å². The minimum absolute atomic E-state index is 0.236. The van der Waals surface area contributed by atoms with E-state index in [9.17, 15) is 0 Å². The number of nitrogens with zero attached hydrogens (tertiary/aromatic N) is 3. The molecule has 2 N–H and O–H groups in total.